The van der Waals surface area contributed by atoms with Gasteiger partial charge < -0.3 is 10.1 Å². The van der Waals surface area contributed by atoms with E-state index in [9.17, 15) is 0 Å². The number of likely N-dealkylation sites (N-methyl/N-ethyl adjacent to an activating group) is 1. The second-order valence-corrected chi connectivity index (χ2v) is 5.55. The molecule has 1 aromatic carbocycles. The predicted molar refractivity (Wildman–Crippen MR) is 86.3 cm³/mol. The third kappa shape index (κ3) is 3.51. The van der Waals surface area contributed by atoms with Crippen molar-refractivity contribution in [3.63, 3.8) is 0 Å². The number of aromatic nitrogens is 2. The van der Waals surface area contributed by atoms with Crippen molar-refractivity contribution in [1.29, 1.82) is 0 Å². The van der Waals surface area contributed by atoms with Gasteiger partial charge in [0.05, 0.1) is 25.0 Å². The van der Waals surface area contributed by atoms with Gasteiger partial charge in [-0.2, -0.15) is 5.10 Å². The highest BCUT2D eigenvalue weighted by Crippen LogP contribution is 2.32. The maximum Gasteiger partial charge on any atom is 0.161 e. The molecule has 1 heterocycles. The van der Waals surface area contributed by atoms with E-state index in [1.807, 2.05) is 29.9 Å². The van der Waals surface area contributed by atoms with E-state index in [4.69, 9.17) is 27.9 Å². The van der Waals surface area contributed by atoms with Gasteiger partial charge in [0.25, 0.3) is 0 Å². The molecule has 0 radical (unpaired) electrons. The van der Waals surface area contributed by atoms with Crippen molar-refractivity contribution in [2.75, 3.05) is 13.7 Å². The smallest absolute Gasteiger partial charge is 0.161 e. The molecule has 1 aromatic heterocycles. The lowest BCUT2D eigenvalue weighted by Crippen LogP contribution is -2.26. The van der Waals surface area contributed by atoms with Gasteiger partial charge in [-0.1, -0.05) is 36.2 Å². The summed E-state index contributed by atoms with van der Waals surface area (Å²) in [5.74, 6) is 0.756. The molecule has 1 N–H and O–H groups in total. The van der Waals surface area contributed by atoms with Crippen molar-refractivity contribution >= 4 is 23.2 Å². The Morgan fingerprint density at radius 1 is 1.33 bits per heavy atom. The standard InChI is InChI=1S/C15H19Cl2N3O/c1-4-18-13(15-14(21-3)9-19-20(15)2)8-10-11(16)6-5-7-12(10)17/h5-7,9,13,18H,4,8H2,1-3H3. The highest BCUT2D eigenvalue weighted by Gasteiger charge is 2.22. The van der Waals surface area contributed by atoms with Gasteiger partial charge in [-0.25, -0.2) is 0 Å². The molecule has 0 spiro atoms. The van der Waals surface area contributed by atoms with Gasteiger partial charge in [0.1, 0.15) is 0 Å². The number of ether oxygens (including phenoxy) is 1. The van der Waals surface area contributed by atoms with E-state index < -0.39 is 0 Å². The molecular weight excluding hydrogens is 309 g/mol. The number of rotatable bonds is 6. The zero-order valence-corrected chi connectivity index (χ0v) is 13.9. The van der Waals surface area contributed by atoms with Crippen LogP contribution in [-0.2, 0) is 13.5 Å². The molecular formula is C15H19Cl2N3O. The van der Waals surface area contributed by atoms with E-state index in [-0.39, 0.29) is 6.04 Å². The van der Waals surface area contributed by atoms with Gasteiger partial charge in [-0.05, 0) is 30.7 Å². The largest absolute Gasteiger partial charge is 0.493 e. The van der Waals surface area contributed by atoms with Crippen LogP contribution in [0.25, 0.3) is 0 Å². The van der Waals surface area contributed by atoms with E-state index in [2.05, 4.69) is 17.3 Å². The predicted octanol–water partition coefficient (Wildman–Crippen LogP) is 3.63. The van der Waals surface area contributed by atoms with Crippen molar-refractivity contribution in [1.82, 2.24) is 15.1 Å². The first kappa shape index (κ1) is 16.1. The summed E-state index contributed by atoms with van der Waals surface area (Å²) >= 11 is 12.6. The zero-order chi connectivity index (χ0) is 15.4. The van der Waals surface area contributed by atoms with Crippen LogP contribution in [0, 0.1) is 0 Å². The quantitative estimate of drug-likeness (QED) is 0.880. The molecule has 0 saturated heterocycles. The van der Waals surface area contributed by atoms with Gasteiger partial charge in [0.15, 0.2) is 5.75 Å². The molecule has 0 aliphatic carbocycles. The second-order valence-electron chi connectivity index (χ2n) is 4.74. The Bertz CT molecular complexity index is 593. The molecule has 1 unspecified atom stereocenters. The average Bonchev–Trinajstić information content (AvgIpc) is 2.83. The first-order chi connectivity index (χ1) is 10.1. The molecule has 4 nitrogen and oxygen atoms in total. The topological polar surface area (TPSA) is 39.1 Å². The Hall–Kier alpha value is -1.23. The Morgan fingerprint density at radius 3 is 2.57 bits per heavy atom. The fourth-order valence-electron chi connectivity index (χ4n) is 2.42. The fraction of sp³-hybridized carbons (Fsp3) is 0.400. The number of methoxy groups -OCH3 is 1. The highest BCUT2D eigenvalue weighted by molar-refractivity contribution is 6.36. The van der Waals surface area contributed by atoms with E-state index in [0.717, 1.165) is 23.6 Å². The Labute approximate surface area is 135 Å². The molecule has 0 aliphatic rings. The van der Waals surface area contributed by atoms with E-state index in [1.165, 1.54) is 0 Å². The van der Waals surface area contributed by atoms with Crippen molar-refractivity contribution in [3.8, 4) is 5.75 Å². The minimum atomic E-state index is 0.0230. The molecule has 0 aliphatic heterocycles. The summed E-state index contributed by atoms with van der Waals surface area (Å²) in [4.78, 5) is 0. The van der Waals surface area contributed by atoms with Crippen molar-refractivity contribution in [3.05, 3.63) is 45.7 Å². The van der Waals surface area contributed by atoms with Crippen LogP contribution in [0.5, 0.6) is 5.75 Å². The molecule has 114 valence electrons. The molecule has 0 fully saturated rings. The molecule has 0 saturated carbocycles. The van der Waals surface area contributed by atoms with E-state index in [1.54, 1.807) is 13.3 Å². The monoisotopic (exact) mass is 327 g/mol. The van der Waals surface area contributed by atoms with Crippen LogP contribution in [0.1, 0.15) is 24.2 Å². The van der Waals surface area contributed by atoms with E-state index >= 15 is 0 Å². The first-order valence-corrected chi connectivity index (χ1v) is 7.56. The number of nitrogens with one attached hydrogen (secondary N) is 1. The van der Waals surface area contributed by atoms with Gasteiger partial charge in [-0.15, -0.1) is 0 Å². The van der Waals surface area contributed by atoms with Gasteiger partial charge in [0.2, 0.25) is 0 Å². The van der Waals surface area contributed by atoms with Crippen LogP contribution in [0.4, 0.5) is 0 Å². The number of aryl methyl sites for hydroxylation is 1. The van der Waals surface area contributed by atoms with Gasteiger partial charge in [0, 0.05) is 17.1 Å². The lowest BCUT2D eigenvalue weighted by atomic mass is 10.0. The molecule has 0 bridgehead atoms. The van der Waals surface area contributed by atoms with E-state index in [0.29, 0.717) is 16.5 Å². The fourth-order valence-corrected chi connectivity index (χ4v) is 2.98. The highest BCUT2D eigenvalue weighted by atomic mass is 35.5. The molecule has 1 atom stereocenters. The maximum atomic E-state index is 6.28. The summed E-state index contributed by atoms with van der Waals surface area (Å²) in [6, 6.07) is 5.58. The van der Waals surface area contributed by atoms with Crippen LogP contribution in [0.15, 0.2) is 24.4 Å². The van der Waals surface area contributed by atoms with Gasteiger partial charge in [-0.3, -0.25) is 4.68 Å². The van der Waals surface area contributed by atoms with Crippen LogP contribution >= 0.6 is 23.2 Å². The summed E-state index contributed by atoms with van der Waals surface area (Å²) in [5, 5.41) is 9.05. The van der Waals surface area contributed by atoms with Crippen molar-refractivity contribution in [2.24, 2.45) is 7.05 Å². The Balaban J connectivity index is 2.38. The molecule has 6 heteroatoms. The Morgan fingerprint density at radius 2 is 2.00 bits per heavy atom. The SMILES string of the molecule is CCNC(Cc1c(Cl)cccc1Cl)c1c(OC)cnn1C. The average molecular weight is 328 g/mol. The second kappa shape index (κ2) is 7.16. The summed E-state index contributed by atoms with van der Waals surface area (Å²) < 4.78 is 7.22. The van der Waals surface area contributed by atoms with Crippen molar-refractivity contribution < 1.29 is 4.74 Å². The minimum absolute atomic E-state index is 0.0230. The third-order valence-corrected chi connectivity index (χ3v) is 4.13. The van der Waals surface area contributed by atoms with Crippen LogP contribution in [-0.4, -0.2) is 23.4 Å². The molecule has 2 rings (SSSR count). The summed E-state index contributed by atoms with van der Waals surface area (Å²) in [5.41, 5.74) is 1.91. The van der Waals surface area contributed by atoms with Crippen LogP contribution < -0.4 is 10.1 Å². The first-order valence-electron chi connectivity index (χ1n) is 6.80. The zero-order valence-electron chi connectivity index (χ0n) is 12.4. The number of hydrogen-bond acceptors (Lipinski definition) is 3. The number of nitrogens with zero attached hydrogens (tertiary/aromatic N) is 2. The number of hydrogen-bond donors (Lipinski definition) is 1. The number of halogens is 2. The Kier molecular flexibility index (Phi) is 5.51. The number of benzene rings is 1. The molecule has 21 heavy (non-hydrogen) atoms. The van der Waals surface area contributed by atoms with Gasteiger partial charge >= 0.3 is 0 Å². The summed E-state index contributed by atoms with van der Waals surface area (Å²) in [6.07, 6.45) is 2.39. The van der Waals surface area contributed by atoms with Crippen LogP contribution in [0.3, 0.4) is 0 Å². The third-order valence-electron chi connectivity index (χ3n) is 3.42. The normalized spacial score (nSPS) is 12.4. The van der Waals surface area contributed by atoms with Crippen LogP contribution in [0.2, 0.25) is 10.0 Å². The van der Waals surface area contributed by atoms with Crippen molar-refractivity contribution in [2.45, 2.75) is 19.4 Å². The molecule has 0 amide bonds. The lowest BCUT2D eigenvalue weighted by molar-refractivity contribution is 0.394. The molecule has 2 aromatic rings. The minimum Gasteiger partial charge on any atom is -0.493 e. The summed E-state index contributed by atoms with van der Waals surface area (Å²) in [6.45, 7) is 2.88. The summed E-state index contributed by atoms with van der Waals surface area (Å²) in [7, 11) is 3.54. The maximum absolute atomic E-state index is 6.28. The lowest BCUT2D eigenvalue weighted by Gasteiger charge is -2.20.